The second-order valence-corrected chi connectivity index (χ2v) is 3.39. The van der Waals surface area contributed by atoms with Gasteiger partial charge in [-0.15, -0.1) is 0 Å². The summed E-state index contributed by atoms with van der Waals surface area (Å²) in [5, 5.41) is 0. The highest BCUT2D eigenvalue weighted by Gasteiger charge is 1.97. The van der Waals surface area contributed by atoms with E-state index in [0.29, 0.717) is 5.69 Å². The number of unbranched alkanes of at least 4 members (excludes halogenated alkanes) is 3. The number of aldehydes is 1. The van der Waals surface area contributed by atoms with Crippen molar-refractivity contribution in [1.29, 1.82) is 0 Å². The van der Waals surface area contributed by atoms with Crippen LogP contribution in [0, 0.1) is 0 Å². The highest BCUT2D eigenvalue weighted by Crippen LogP contribution is 2.08. The van der Waals surface area contributed by atoms with Crippen molar-refractivity contribution in [2.75, 3.05) is 0 Å². The van der Waals surface area contributed by atoms with Gasteiger partial charge in [0.1, 0.15) is 0 Å². The first-order chi connectivity index (χ1) is 6.36. The molecule has 0 aliphatic rings. The second-order valence-electron chi connectivity index (χ2n) is 3.39. The van der Waals surface area contributed by atoms with Gasteiger partial charge in [-0.3, -0.25) is 4.79 Å². The zero-order chi connectivity index (χ0) is 9.52. The number of aromatic amines is 1. The largest absolute Gasteiger partial charge is 0.359 e. The van der Waals surface area contributed by atoms with Gasteiger partial charge >= 0.3 is 0 Å². The molecule has 13 heavy (non-hydrogen) atoms. The Morgan fingerprint density at radius 2 is 2.23 bits per heavy atom. The Bertz CT molecular complexity index is 252. The topological polar surface area (TPSA) is 32.9 Å². The molecular formula is C11H17NO. The summed E-state index contributed by atoms with van der Waals surface area (Å²) >= 11 is 0. The maximum Gasteiger partial charge on any atom is 0.166 e. The van der Waals surface area contributed by atoms with E-state index in [0.717, 1.165) is 12.7 Å². The molecule has 0 aromatic carbocycles. The number of H-pyrrole nitrogens is 1. The van der Waals surface area contributed by atoms with Gasteiger partial charge in [-0.1, -0.05) is 26.2 Å². The summed E-state index contributed by atoms with van der Waals surface area (Å²) in [6, 6.07) is 1.93. The summed E-state index contributed by atoms with van der Waals surface area (Å²) in [7, 11) is 0. The Morgan fingerprint density at radius 3 is 2.85 bits per heavy atom. The van der Waals surface area contributed by atoms with Crippen molar-refractivity contribution in [3.63, 3.8) is 0 Å². The molecule has 2 heteroatoms. The van der Waals surface area contributed by atoms with Crippen molar-refractivity contribution < 1.29 is 4.79 Å². The first-order valence-electron chi connectivity index (χ1n) is 4.99. The smallest absolute Gasteiger partial charge is 0.166 e. The van der Waals surface area contributed by atoms with Crippen LogP contribution >= 0.6 is 0 Å². The molecule has 0 unspecified atom stereocenters. The predicted molar refractivity (Wildman–Crippen MR) is 54.0 cm³/mol. The molecule has 1 aromatic rings. The lowest BCUT2D eigenvalue weighted by molar-refractivity contribution is 0.111. The second kappa shape index (κ2) is 5.57. The summed E-state index contributed by atoms with van der Waals surface area (Å²) in [5.41, 5.74) is 1.93. The van der Waals surface area contributed by atoms with Crippen molar-refractivity contribution in [2.24, 2.45) is 0 Å². The normalized spacial score (nSPS) is 10.2. The van der Waals surface area contributed by atoms with Crippen LogP contribution in [-0.4, -0.2) is 11.3 Å². The number of rotatable bonds is 6. The van der Waals surface area contributed by atoms with Crippen molar-refractivity contribution in [3.05, 3.63) is 23.5 Å². The lowest BCUT2D eigenvalue weighted by Gasteiger charge is -1.96. The molecule has 72 valence electrons. The molecule has 1 heterocycles. The molecule has 0 aliphatic carbocycles. The van der Waals surface area contributed by atoms with E-state index >= 15 is 0 Å². The molecule has 0 atom stereocenters. The van der Waals surface area contributed by atoms with Crippen molar-refractivity contribution in [3.8, 4) is 0 Å². The SMILES string of the molecule is CCCCCCc1c[nH]c(C=O)c1. The van der Waals surface area contributed by atoms with Gasteiger partial charge in [-0.05, 0) is 24.5 Å². The molecule has 0 radical (unpaired) electrons. The molecule has 0 spiro atoms. The molecule has 1 rings (SSSR count). The van der Waals surface area contributed by atoms with Gasteiger partial charge in [0.25, 0.3) is 0 Å². The van der Waals surface area contributed by atoms with E-state index in [1.165, 1.54) is 31.2 Å². The van der Waals surface area contributed by atoms with Gasteiger partial charge in [0.15, 0.2) is 6.29 Å². The van der Waals surface area contributed by atoms with Crippen LogP contribution in [-0.2, 0) is 6.42 Å². The molecule has 0 fully saturated rings. The molecular weight excluding hydrogens is 162 g/mol. The Morgan fingerprint density at radius 1 is 1.38 bits per heavy atom. The van der Waals surface area contributed by atoms with Crippen molar-refractivity contribution in [1.82, 2.24) is 4.98 Å². The summed E-state index contributed by atoms with van der Waals surface area (Å²) in [5.74, 6) is 0. The number of nitrogens with one attached hydrogen (secondary N) is 1. The standard InChI is InChI=1S/C11H17NO/c1-2-3-4-5-6-10-7-11(9-13)12-8-10/h7-9,12H,2-6H2,1H3. The van der Waals surface area contributed by atoms with Crippen LogP contribution in [0.5, 0.6) is 0 Å². The third kappa shape index (κ3) is 3.45. The van der Waals surface area contributed by atoms with E-state index in [4.69, 9.17) is 0 Å². The average Bonchev–Trinajstić information content (AvgIpc) is 2.60. The van der Waals surface area contributed by atoms with Crippen LogP contribution in [0.25, 0.3) is 0 Å². The van der Waals surface area contributed by atoms with E-state index in [-0.39, 0.29) is 0 Å². The molecule has 1 aromatic heterocycles. The Balaban J connectivity index is 2.24. The van der Waals surface area contributed by atoms with Gasteiger partial charge in [-0.25, -0.2) is 0 Å². The van der Waals surface area contributed by atoms with Crippen LogP contribution in [0.15, 0.2) is 12.3 Å². The van der Waals surface area contributed by atoms with Gasteiger partial charge in [0.05, 0.1) is 5.69 Å². The minimum atomic E-state index is 0.686. The predicted octanol–water partition coefficient (Wildman–Crippen LogP) is 2.95. The Kier molecular flexibility index (Phi) is 4.30. The zero-order valence-electron chi connectivity index (χ0n) is 8.18. The third-order valence-electron chi connectivity index (χ3n) is 2.21. The monoisotopic (exact) mass is 179 g/mol. The van der Waals surface area contributed by atoms with E-state index < -0.39 is 0 Å². The van der Waals surface area contributed by atoms with E-state index in [9.17, 15) is 4.79 Å². The van der Waals surface area contributed by atoms with Gasteiger partial charge < -0.3 is 4.98 Å². The van der Waals surface area contributed by atoms with Crippen molar-refractivity contribution >= 4 is 6.29 Å². The highest BCUT2D eigenvalue weighted by atomic mass is 16.1. The molecule has 0 amide bonds. The lowest BCUT2D eigenvalue weighted by Crippen LogP contribution is -1.82. The summed E-state index contributed by atoms with van der Waals surface area (Å²) in [4.78, 5) is 13.3. The summed E-state index contributed by atoms with van der Waals surface area (Å²) in [6.45, 7) is 2.21. The minimum absolute atomic E-state index is 0.686. The van der Waals surface area contributed by atoms with Crippen LogP contribution in [0.1, 0.15) is 48.7 Å². The fourth-order valence-corrected chi connectivity index (χ4v) is 1.43. The van der Waals surface area contributed by atoms with E-state index in [1.807, 2.05) is 12.3 Å². The zero-order valence-corrected chi connectivity index (χ0v) is 8.18. The van der Waals surface area contributed by atoms with Gasteiger partial charge in [0, 0.05) is 6.20 Å². The number of aromatic nitrogens is 1. The van der Waals surface area contributed by atoms with E-state index in [2.05, 4.69) is 11.9 Å². The molecule has 1 N–H and O–H groups in total. The number of hydrogen-bond donors (Lipinski definition) is 1. The first-order valence-corrected chi connectivity index (χ1v) is 4.99. The maximum atomic E-state index is 10.4. The number of hydrogen-bond acceptors (Lipinski definition) is 1. The van der Waals surface area contributed by atoms with Crippen LogP contribution in [0.4, 0.5) is 0 Å². The maximum absolute atomic E-state index is 10.4. The van der Waals surface area contributed by atoms with Crippen molar-refractivity contribution in [2.45, 2.75) is 39.0 Å². The summed E-state index contributed by atoms with van der Waals surface area (Å²) in [6.07, 6.45) is 8.97. The summed E-state index contributed by atoms with van der Waals surface area (Å²) < 4.78 is 0. The number of aryl methyl sites for hydroxylation is 1. The molecule has 0 saturated carbocycles. The quantitative estimate of drug-likeness (QED) is 0.528. The van der Waals surface area contributed by atoms with E-state index in [1.54, 1.807) is 0 Å². The third-order valence-corrected chi connectivity index (χ3v) is 2.21. The Labute approximate surface area is 79.4 Å². The fourth-order valence-electron chi connectivity index (χ4n) is 1.43. The van der Waals surface area contributed by atoms with Crippen LogP contribution in [0.3, 0.4) is 0 Å². The average molecular weight is 179 g/mol. The van der Waals surface area contributed by atoms with Crippen LogP contribution in [0.2, 0.25) is 0 Å². The lowest BCUT2D eigenvalue weighted by atomic mass is 10.1. The molecule has 0 bridgehead atoms. The van der Waals surface area contributed by atoms with Crippen LogP contribution < -0.4 is 0 Å². The molecule has 0 saturated heterocycles. The number of carbonyl (C=O) groups excluding carboxylic acids is 1. The number of carbonyl (C=O) groups is 1. The highest BCUT2D eigenvalue weighted by molar-refractivity contribution is 5.72. The fraction of sp³-hybridized carbons (Fsp3) is 0.545. The van der Waals surface area contributed by atoms with Gasteiger partial charge in [-0.2, -0.15) is 0 Å². The van der Waals surface area contributed by atoms with Gasteiger partial charge in [0.2, 0.25) is 0 Å². The molecule has 2 nitrogen and oxygen atoms in total. The Hall–Kier alpha value is -1.05. The minimum Gasteiger partial charge on any atom is -0.359 e. The molecule has 0 aliphatic heterocycles. The first kappa shape index (κ1) is 10.0.